The van der Waals surface area contributed by atoms with Crippen LogP contribution in [0.3, 0.4) is 0 Å². The summed E-state index contributed by atoms with van der Waals surface area (Å²) in [6.07, 6.45) is 3.19. The van der Waals surface area contributed by atoms with E-state index in [-0.39, 0.29) is 5.04 Å². The van der Waals surface area contributed by atoms with Crippen LogP contribution in [0.2, 0.25) is 11.1 Å². The van der Waals surface area contributed by atoms with E-state index in [0.717, 1.165) is 18.5 Å². The van der Waals surface area contributed by atoms with Gasteiger partial charge in [0.25, 0.3) is 0 Å². The predicted octanol–water partition coefficient (Wildman–Crippen LogP) is 4.05. The van der Waals surface area contributed by atoms with Gasteiger partial charge in [0.1, 0.15) is 8.07 Å². The van der Waals surface area contributed by atoms with Gasteiger partial charge in [-0.1, -0.05) is 91.8 Å². The SMILES string of the molecule is CC(C)(C)[Si](CCCO/C=C/C(=O)O)(c1ccccc1)c1ccccc1. The average Bonchev–Trinajstić information content (AvgIpc) is 2.61. The number of carbonyl (C=O) groups is 1. The van der Waals surface area contributed by atoms with Crippen LogP contribution in [0.1, 0.15) is 27.2 Å². The molecule has 0 aromatic heterocycles. The lowest BCUT2D eigenvalue weighted by molar-refractivity contribution is -0.131. The molecule has 2 aromatic rings. The molecule has 0 atom stereocenters. The van der Waals surface area contributed by atoms with Crippen LogP contribution < -0.4 is 10.4 Å². The van der Waals surface area contributed by atoms with Crippen molar-refractivity contribution in [2.24, 2.45) is 0 Å². The van der Waals surface area contributed by atoms with Gasteiger partial charge in [0.05, 0.1) is 18.9 Å². The normalized spacial score (nSPS) is 12.3. The molecule has 0 fully saturated rings. The van der Waals surface area contributed by atoms with E-state index in [0.29, 0.717) is 6.61 Å². The van der Waals surface area contributed by atoms with Crippen molar-refractivity contribution in [3.05, 3.63) is 73.0 Å². The lowest BCUT2D eigenvalue weighted by Crippen LogP contribution is -2.64. The number of hydrogen-bond acceptors (Lipinski definition) is 2. The van der Waals surface area contributed by atoms with Crippen LogP contribution in [-0.4, -0.2) is 25.8 Å². The highest BCUT2D eigenvalue weighted by atomic mass is 28.3. The fraction of sp³-hybridized carbons (Fsp3) is 0.318. The summed E-state index contributed by atoms with van der Waals surface area (Å²) in [6.45, 7) is 7.54. The van der Waals surface area contributed by atoms with Crippen LogP contribution in [0, 0.1) is 0 Å². The largest absolute Gasteiger partial charge is 0.501 e. The van der Waals surface area contributed by atoms with Crippen molar-refractivity contribution in [3.63, 3.8) is 0 Å². The molecule has 0 aliphatic rings. The fourth-order valence-electron chi connectivity index (χ4n) is 3.74. The Morgan fingerprint density at radius 2 is 1.50 bits per heavy atom. The number of carboxylic acid groups (broad SMARTS) is 1. The number of carboxylic acids is 1. The van der Waals surface area contributed by atoms with Gasteiger partial charge < -0.3 is 9.84 Å². The number of benzene rings is 2. The summed E-state index contributed by atoms with van der Waals surface area (Å²) in [6, 6.07) is 22.7. The fourth-order valence-corrected chi connectivity index (χ4v) is 9.33. The zero-order valence-corrected chi connectivity index (χ0v) is 16.8. The summed E-state index contributed by atoms with van der Waals surface area (Å²) >= 11 is 0. The molecule has 0 unspecified atom stereocenters. The van der Waals surface area contributed by atoms with Crippen molar-refractivity contribution in [1.82, 2.24) is 0 Å². The summed E-state index contributed by atoms with van der Waals surface area (Å²) in [5.74, 6) is -0.989. The molecule has 26 heavy (non-hydrogen) atoms. The highest BCUT2D eigenvalue weighted by Crippen LogP contribution is 2.39. The molecule has 0 saturated heterocycles. The summed E-state index contributed by atoms with van der Waals surface area (Å²) in [5, 5.41) is 11.6. The van der Waals surface area contributed by atoms with Gasteiger partial charge >= 0.3 is 5.97 Å². The van der Waals surface area contributed by atoms with Crippen molar-refractivity contribution in [3.8, 4) is 0 Å². The molecule has 4 heteroatoms. The van der Waals surface area contributed by atoms with Crippen molar-refractivity contribution >= 4 is 24.4 Å². The van der Waals surface area contributed by atoms with Crippen LogP contribution in [0.25, 0.3) is 0 Å². The molecule has 0 aliphatic carbocycles. The molecule has 2 aromatic carbocycles. The van der Waals surface area contributed by atoms with Gasteiger partial charge in [0.15, 0.2) is 0 Å². The topological polar surface area (TPSA) is 46.5 Å². The molecule has 0 radical (unpaired) electrons. The minimum absolute atomic E-state index is 0.132. The van der Waals surface area contributed by atoms with Crippen LogP contribution in [-0.2, 0) is 9.53 Å². The quantitative estimate of drug-likeness (QED) is 0.331. The summed E-state index contributed by atoms with van der Waals surface area (Å²) in [5.41, 5.74) is 0. The Kier molecular flexibility index (Phi) is 6.81. The Morgan fingerprint density at radius 3 is 1.92 bits per heavy atom. The van der Waals surface area contributed by atoms with Crippen LogP contribution in [0.4, 0.5) is 0 Å². The number of aliphatic carboxylic acids is 1. The lowest BCUT2D eigenvalue weighted by Gasteiger charge is -2.44. The Morgan fingerprint density at radius 1 is 1.00 bits per heavy atom. The van der Waals surface area contributed by atoms with E-state index >= 15 is 0 Å². The predicted molar refractivity (Wildman–Crippen MR) is 110 cm³/mol. The Balaban J connectivity index is 2.33. The maximum absolute atomic E-state index is 10.5. The second-order valence-electron chi connectivity index (χ2n) is 7.50. The van der Waals surface area contributed by atoms with Gasteiger partial charge in [-0.15, -0.1) is 0 Å². The third-order valence-electron chi connectivity index (χ3n) is 4.93. The first kappa shape index (κ1) is 20.0. The van der Waals surface area contributed by atoms with Gasteiger partial charge in [-0.05, 0) is 17.5 Å². The highest BCUT2D eigenvalue weighted by Gasteiger charge is 2.46. The zero-order chi connectivity index (χ0) is 19.0. The molecule has 2 rings (SSSR count). The molecule has 0 heterocycles. The smallest absolute Gasteiger partial charge is 0.331 e. The number of rotatable bonds is 8. The number of hydrogen-bond donors (Lipinski definition) is 1. The first-order chi connectivity index (χ1) is 12.4. The molecule has 138 valence electrons. The molecule has 0 amide bonds. The standard InChI is InChI=1S/C22H28O3Si/c1-22(2,3)26(19-11-6-4-7-12-19,20-13-8-5-9-14-20)18-10-16-25-17-15-21(23)24/h4-9,11-15,17H,10,16,18H2,1-3H3,(H,23,24)/b17-15+. The van der Waals surface area contributed by atoms with Crippen molar-refractivity contribution in [1.29, 1.82) is 0 Å². The van der Waals surface area contributed by atoms with Crippen LogP contribution in [0.15, 0.2) is 73.0 Å². The van der Waals surface area contributed by atoms with E-state index in [1.165, 1.54) is 16.6 Å². The molecule has 1 N–H and O–H groups in total. The zero-order valence-electron chi connectivity index (χ0n) is 15.8. The molecule has 0 bridgehead atoms. The lowest BCUT2D eigenvalue weighted by atomic mass is 10.2. The minimum Gasteiger partial charge on any atom is -0.501 e. The second-order valence-corrected chi connectivity index (χ2v) is 12.5. The summed E-state index contributed by atoms with van der Waals surface area (Å²) in [7, 11) is -2.05. The van der Waals surface area contributed by atoms with Gasteiger partial charge in [-0.25, -0.2) is 4.79 Å². The van der Waals surface area contributed by atoms with Gasteiger partial charge in [-0.3, -0.25) is 0 Å². The van der Waals surface area contributed by atoms with E-state index in [2.05, 4.69) is 81.4 Å². The first-order valence-corrected chi connectivity index (χ1v) is 11.2. The third kappa shape index (κ3) is 4.64. The Labute approximate surface area is 157 Å². The van der Waals surface area contributed by atoms with Gasteiger partial charge in [0, 0.05) is 0 Å². The molecule has 0 aliphatic heterocycles. The maximum Gasteiger partial charge on any atom is 0.331 e. The van der Waals surface area contributed by atoms with E-state index in [4.69, 9.17) is 9.84 Å². The molecule has 0 saturated carbocycles. The Bertz CT molecular complexity index is 679. The van der Waals surface area contributed by atoms with E-state index in [9.17, 15) is 4.79 Å². The molecule has 0 spiro atoms. The van der Waals surface area contributed by atoms with E-state index in [1.54, 1.807) is 0 Å². The van der Waals surface area contributed by atoms with Gasteiger partial charge in [0.2, 0.25) is 0 Å². The van der Waals surface area contributed by atoms with Crippen LogP contribution >= 0.6 is 0 Å². The van der Waals surface area contributed by atoms with Crippen molar-refractivity contribution in [2.75, 3.05) is 6.61 Å². The van der Waals surface area contributed by atoms with E-state index in [1.807, 2.05) is 0 Å². The average molecular weight is 369 g/mol. The summed E-state index contributed by atoms with van der Waals surface area (Å²) < 4.78 is 5.39. The number of ether oxygens (including phenoxy) is 1. The van der Waals surface area contributed by atoms with Crippen molar-refractivity contribution in [2.45, 2.75) is 38.3 Å². The summed E-state index contributed by atoms with van der Waals surface area (Å²) in [4.78, 5) is 10.5. The van der Waals surface area contributed by atoms with E-state index < -0.39 is 14.0 Å². The minimum atomic E-state index is -2.05. The van der Waals surface area contributed by atoms with Crippen molar-refractivity contribution < 1.29 is 14.6 Å². The highest BCUT2D eigenvalue weighted by molar-refractivity contribution is 7.04. The van der Waals surface area contributed by atoms with Gasteiger partial charge in [-0.2, -0.15) is 0 Å². The maximum atomic E-state index is 10.5. The third-order valence-corrected chi connectivity index (χ3v) is 11.2. The molecular weight excluding hydrogens is 340 g/mol. The molecular formula is C22H28O3Si. The second kappa shape index (κ2) is 8.85. The monoisotopic (exact) mass is 368 g/mol. The first-order valence-electron chi connectivity index (χ1n) is 9.00. The van der Waals surface area contributed by atoms with Crippen LogP contribution in [0.5, 0.6) is 0 Å². The molecule has 3 nitrogen and oxygen atoms in total. The Hall–Kier alpha value is -2.33.